The number of anilines is 1. The lowest BCUT2D eigenvalue weighted by molar-refractivity contribution is -0.115. The fraction of sp³-hybridized carbons (Fsp3) is 0.333. The molecule has 1 amide bonds. The zero-order valence-corrected chi connectivity index (χ0v) is 20.5. The molecule has 2 unspecified atom stereocenters. The fourth-order valence-corrected chi connectivity index (χ4v) is 4.23. The topological polar surface area (TPSA) is 116 Å². The summed E-state index contributed by atoms with van der Waals surface area (Å²) in [5.74, 6) is 0.619. The van der Waals surface area contributed by atoms with Crippen LogP contribution in [-0.2, 0) is 4.79 Å². The van der Waals surface area contributed by atoms with Crippen molar-refractivity contribution in [3.63, 3.8) is 0 Å². The van der Waals surface area contributed by atoms with E-state index < -0.39 is 17.3 Å². The van der Waals surface area contributed by atoms with E-state index in [-0.39, 0.29) is 17.5 Å². The molecule has 0 aliphatic rings. The molecule has 1 heterocycles. The number of ether oxygens (including phenoxy) is 2. The molecule has 0 bridgehead atoms. The van der Waals surface area contributed by atoms with Crippen molar-refractivity contribution in [1.29, 1.82) is 0 Å². The quantitative estimate of drug-likeness (QED) is 0.393. The van der Waals surface area contributed by atoms with Crippen LogP contribution in [0.2, 0.25) is 0 Å². The first-order valence-corrected chi connectivity index (χ1v) is 11.6. The van der Waals surface area contributed by atoms with Crippen molar-refractivity contribution in [2.45, 2.75) is 50.2 Å². The second kappa shape index (κ2) is 11.1. The molecule has 10 heteroatoms. The van der Waals surface area contributed by atoms with Crippen LogP contribution in [0.5, 0.6) is 11.5 Å². The van der Waals surface area contributed by atoms with Crippen LogP contribution in [-0.4, -0.2) is 44.1 Å². The van der Waals surface area contributed by atoms with Crippen LogP contribution in [0, 0.1) is 0 Å². The molecule has 3 rings (SSSR count). The summed E-state index contributed by atoms with van der Waals surface area (Å²) in [7, 11) is 1.59. The molecule has 0 aliphatic carbocycles. The van der Waals surface area contributed by atoms with E-state index in [2.05, 4.69) is 15.5 Å². The maximum absolute atomic E-state index is 12.7. The summed E-state index contributed by atoms with van der Waals surface area (Å²) < 4.78 is 13.4. The van der Waals surface area contributed by atoms with E-state index in [0.717, 1.165) is 0 Å². The van der Waals surface area contributed by atoms with E-state index in [1.807, 2.05) is 49.6 Å². The van der Waals surface area contributed by atoms with Gasteiger partial charge in [0.15, 0.2) is 28.6 Å². The number of carboxylic acid groups (broad SMARTS) is 1. The van der Waals surface area contributed by atoms with Crippen LogP contribution in [0.4, 0.5) is 5.69 Å². The highest BCUT2D eigenvalue weighted by Gasteiger charge is 2.25. The number of amides is 1. The highest BCUT2D eigenvalue weighted by atomic mass is 32.2. The molecule has 2 aromatic carbocycles. The second-order valence-corrected chi connectivity index (χ2v) is 9.16. The van der Waals surface area contributed by atoms with Gasteiger partial charge in [-0.25, -0.2) is 4.79 Å². The molecule has 2 atom stereocenters. The van der Waals surface area contributed by atoms with Crippen LogP contribution < -0.4 is 14.8 Å². The average molecular weight is 485 g/mol. The number of rotatable bonds is 10. The number of aromatic nitrogens is 3. The smallest absolute Gasteiger partial charge is 0.335 e. The van der Waals surface area contributed by atoms with Crippen LogP contribution in [0.3, 0.4) is 0 Å². The number of aromatic carboxylic acids is 1. The Morgan fingerprint density at radius 2 is 1.65 bits per heavy atom. The van der Waals surface area contributed by atoms with Gasteiger partial charge in [0.05, 0.1) is 17.9 Å². The van der Waals surface area contributed by atoms with E-state index in [9.17, 15) is 9.59 Å². The minimum atomic E-state index is -1.02. The highest BCUT2D eigenvalue weighted by molar-refractivity contribution is 8.00. The first kappa shape index (κ1) is 25.1. The molecule has 9 nitrogen and oxygen atoms in total. The minimum Gasteiger partial charge on any atom is -0.493 e. The Balaban J connectivity index is 1.73. The largest absolute Gasteiger partial charge is 0.493 e. The predicted octanol–water partition coefficient (Wildman–Crippen LogP) is 4.83. The van der Waals surface area contributed by atoms with Crippen molar-refractivity contribution in [1.82, 2.24) is 14.8 Å². The molecule has 0 spiro atoms. The highest BCUT2D eigenvalue weighted by Crippen LogP contribution is 2.33. The monoisotopic (exact) mass is 484 g/mol. The summed E-state index contributed by atoms with van der Waals surface area (Å²) in [4.78, 5) is 23.7. The van der Waals surface area contributed by atoms with Crippen LogP contribution in [0.1, 0.15) is 56.0 Å². The Hall–Kier alpha value is -3.53. The van der Waals surface area contributed by atoms with Crippen molar-refractivity contribution in [3.8, 4) is 11.5 Å². The Labute approximate surface area is 202 Å². The molecular weight excluding hydrogens is 456 g/mol. The van der Waals surface area contributed by atoms with E-state index in [1.165, 1.54) is 23.9 Å². The molecule has 180 valence electrons. The Bertz CT molecular complexity index is 1150. The lowest BCUT2D eigenvalue weighted by Gasteiger charge is -2.20. The van der Waals surface area contributed by atoms with E-state index >= 15 is 0 Å². The maximum atomic E-state index is 12.7. The van der Waals surface area contributed by atoms with Gasteiger partial charge in [0.2, 0.25) is 5.91 Å². The normalized spacial score (nSPS) is 12.8. The van der Waals surface area contributed by atoms with Gasteiger partial charge in [-0.2, -0.15) is 0 Å². The third-order valence-corrected chi connectivity index (χ3v) is 6.05. The molecule has 1 aromatic heterocycles. The van der Waals surface area contributed by atoms with Gasteiger partial charge < -0.3 is 24.5 Å². The second-order valence-electron chi connectivity index (χ2n) is 7.85. The molecule has 0 radical (unpaired) electrons. The maximum Gasteiger partial charge on any atom is 0.335 e. The van der Waals surface area contributed by atoms with Gasteiger partial charge in [0, 0.05) is 11.7 Å². The van der Waals surface area contributed by atoms with Gasteiger partial charge >= 0.3 is 5.97 Å². The van der Waals surface area contributed by atoms with Crippen molar-refractivity contribution < 1.29 is 24.2 Å². The van der Waals surface area contributed by atoms with Gasteiger partial charge in [0.1, 0.15) is 0 Å². The summed E-state index contributed by atoms with van der Waals surface area (Å²) in [5.41, 5.74) is 0.676. The van der Waals surface area contributed by atoms with Crippen LogP contribution in [0.15, 0.2) is 53.7 Å². The number of nitrogens with zero attached hydrogens (tertiary/aromatic N) is 3. The molecule has 0 aliphatic heterocycles. The molecule has 3 aromatic rings. The number of hydrogen-bond acceptors (Lipinski definition) is 7. The third-order valence-electron chi connectivity index (χ3n) is 4.99. The number of benzene rings is 2. The number of carbonyl (C=O) groups is 2. The number of para-hydroxylation sites is 2. The number of hydrogen-bond donors (Lipinski definition) is 2. The van der Waals surface area contributed by atoms with Crippen LogP contribution >= 0.6 is 11.8 Å². The lowest BCUT2D eigenvalue weighted by atomic mass is 10.2. The third kappa shape index (κ3) is 5.88. The summed E-state index contributed by atoms with van der Waals surface area (Å²) in [5, 5.41) is 20.6. The predicted molar refractivity (Wildman–Crippen MR) is 130 cm³/mol. The average Bonchev–Trinajstić information content (AvgIpc) is 3.23. The molecule has 0 fully saturated rings. The SMILES string of the molecule is COc1ccccc1OC(C)c1nnc(SC(C)C(=O)Nc2ccc(C(=O)O)cc2)n1C(C)C. The summed E-state index contributed by atoms with van der Waals surface area (Å²) >= 11 is 1.29. The van der Waals surface area contributed by atoms with Crippen molar-refractivity contribution in [2.24, 2.45) is 0 Å². The van der Waals surface area contributed by atoms with Gasteiger partial charge in [0.25, 0.3) is 0 Å². The standard InChI is InChI=1S/C24H28N4O5S/c1-14(2)28-21(15(3)33-20-9-7-6-8-19(20)32-5)26-27-24(28)34-16(4)22(29)25-18-12-10-17(11-13-18)23(30)31/h6-16H,1-5H3,(H,25,29)(H,30,31). The van der Waals surface area contributed by atoms with Gasteiger partial charge in [-0.3, -0.25) is 4.79 Å². The molecule has 0 saturated carbocycles. The Morgan fingerprint density at radius 3 is 2.24 bits per heavy atom. The minimum absolute atomic E-state index is 0.0371. The van der Waals surface area contributed by atoms with Gasteiger partial charge in [-0.1, -0.05) is 23.9 Å². The molecule has 2 N–H and O–H groups in total. The van der Waals surface area contributed by atoms with Gasteiger partial charge in [-0.05, 0) is 64.1 Å². The number of carbonyl (C=O) groups excluding carboxylic acids is 1. The summed E-state index contributed by atoms with van der Waals surface area (Å²) in [6.45, 7) is 7.70. The van der Waals surface area contributed by atoms with Crippen LogP contribution in [0.25, 0.3) is 0 Å². The molecular formula is C24H28N4O5S. The van der Waals surface area contributed by atoms with E-state index in [4.69, 9.17) is 14.6 Å². The van der Waals surface area contributed by atoms with E-state index in [0.29, 0.717) is 28.2 Å². The summed E-state index contributed by atoms with van der Waals surface area (Å²) in [6.07, 6.45) is -0.405. The number of thioether (sulfide) groups is 1. The van der Waals surface area contributed by atoms with Gasteiger partial charge in [-0.15, -0.1) is 10.2 Å². The van der Waals surface area contributed by atoms with E-state index in [1.54, 1.807) is 26.2 Å². The van der Waals surface area contributed by atoms with Crippen molar-refractivity contribution in [2.75, 3.05) is 12.4 Å². The molecule has 34 heavy (non-hydrogen) atoms. The Morgan fingerprint density at radius 1 is 1.00 bits per heavy atom. The lowest BCUT2D eigenvalue weighted by Crippen LogP contribution is -2.23. The van der Waals surface area contributed by atoms with Crippen molar-refractivity contribution in [3.05, 3.63) is 59.9 Å². The zero-order valence-electron chi connectivity index (χ0n) is 19.7. The molecule has 0 saturated heterocycles. The zero-order chi connectivity index (χ0) is 24.8. The fourth-order valence-electron chi connectivity index (χ4n) is 3.24. The summed E-state index contributed by atoms with van der Waals surface area (Å²) in [6, 6.07) is 13.4. The Kier molecular flexibility index (Phi) is 8.17. The first-order valence-electron chi connectivity index (χ1n) is 10.8. The van der Waals surface area contributed by atoms with Crippen molar-refractivity contribution >= 4 is 29.3 Å². The number of nitrogens with one attached hydrogen (secondary N) is 1. The first-order chi connectivity index (χ1) is 16.2. The number of carboxylic acids is 1. The number of methoxy groups -OCH3 is 1.